The van der Waals surface area contributed by atoms with Gasteiger partial charge in [-0.15, -0.1) is 0 Å². The fourth-order valence-electron chi connectivity index (χ4n) is 2.04. The molecule has 1 amide bonds. The summed E-state index contributed by atoms with van der Waals surface area (Å²) in [5.74, 6) is 0.941. The zero-order chi connectivity index (χ0) is 13.8. The first-order valence-electron chi connectivity index (χ1n) is 6.11. The largest absolute Gasteiger partial charge is 0.497 e. The Kier molecular flexibility index (Phi) is 4.63. The minimum Gasteiger partial charge on any atom is -0.497 e. The van der Waals surface area contributed by atoms with Crippen molar-refractivity contribution in [3.8, 4) is 5.75 Å². The summed E-state index contributed by atoms with van der Waals surface area (Å²) in [6.07, 6.45) is 0.840. The number of fused-ring (bicyclic) bond motifs is 1. The molecular formula is C15H16INO2. The van der Waals surface area contributed by atoms with E-state index in [9.17, 15) is 4.79 Å². The number of halogens is 1. The lowest BCUT2D eigenvalue weighted by Gasteiger charge is -2.13. The van der Waals surface area contributed by atoms with Crippen molar-refractivity contribution in [1.82, 2.24) is 3.11 Å². The molecule has 0 atom stereocenters. The Morgan fingerprint density at radius 3 is 2.79 bits per heavy atom. The molecule has 0 bridgehead atoms. The first kappa shape index (κ1) is 14.1. The van der Waals surface area contributed by atoms with Gasteiger partial charge in [-0.2, -0.15) is 0 Å². The average Bonchev–Trinajstić information content (AvgIpc) is 2.43. The Morgan fingerprint density at radius 2 is 2.11 bits per heavy atom. The smallest absolute Gasteiger partial charge is 0.228 e. The summed E-state index contributed by atoms with van der Waals surface area (Å²) >= 11 is 2.06. The normalized spacial score (nSPS) is 10.5. The molecule has 0 aliphatic heterocycles. The van der Waals surface area contributed by atoms with Crippen LogP contribution in [-0.2, 0) is 11.2 Å². The molecule has 0 aromatic heterocycles. The van der Waals surface area contributed by atoms with E-state index in [0.717, 1.165) is 12.2 Å². The molecule has 3 nitrogen and oxygen atoms in total. The summed E-state index contributed by atoms with van der Waals surface area (Å²) in [5.41, 5.74) is 1.24. The monoisotopic (exact) mass is 369 g/mol. The first-order valence-corrected chi connectivity index (χ1v) is 7.08. The second kappa shape index (κ2) is 6.23. The lowest BCUT2D eigenvalue weighted by molar-refractivity contribution is -0.122. The number of hydrogen-bond acceptors (Lipinski definition) is 2. The van der Waals surface area contributed by atoms with Crippen LogP contribution >= 0.6 is 22.9 Å². The second-order valence-corrected chi connectivity index (χ2v) is 5.52. The van der Waals surface area contributed by atoms with Crippen molar-refractivity contribution < 1.29 is 9.53 Å². The van der Waals surface area contributed by atoms with Crippen molar-refractivity contribution in [2.24, 2.45) is 0 Å². The molecule has 2 aromatic carbocycles. The van der Waals surface area contributed by atoms with Gasteiger partial charge in [0.05, 0.1) is 30.0 Å². The van der Waals surface area contributed by atoms with E-state index in [-0.39, 0.29) is 5.91 Å². The van der Waals surface area contributed by atoms with E-state index < -0.39 is 0 Å². The Morgan fingerprint density at radius 1 is 1.32 bits per heavy atom. The van der Waals surface area contributed by atoms with Gasteiger partial charge in [0, 0.05) is 13.5 Å². The van der Waals surface area contributed by atoms with Crippen molar-refractivity contribution in [3.05, 3.63) is 42.0 Å². The third-order valence-corrected chi connectivity index (χ3v) is 4.26. The summed E-state index contributed by atoms with van der Waals surface area (Å²) in [7, 11) is 1.67. The molecule has 0 saturated heterocycles. The van der Waals surface area contributed by atoms with Gasteiger partial charge >= 0.3 is 0 Å². The number of carbonyl (C=O) groups excluding carboxylic acids is 1. The van der Waals surface area contributed by atoms with Gasteiger partial charge in [-0.3, -0.25) is 7.91 Å². The Bertz CT molecular complexity index is 598. The van der Waals surface area contributed by atoms with Gasteiger partial charge in [0.2, 0.25) is 5.91 Å². The van der Waals surface area contributed by atoms with Crippen LogP contribution in [0.5, 0.6) is 5.75 Å². The van der Waals surface area contributed by atoms with Gasteiger partial charge in [-0.05, 0) is 34.9 Å². The van der Waals surface area contributed by atoms with E-state index >= 15 is 0 Å². The molecule has 0 spiro atoms. The molecule has 0 saturated carbocycles. The third kappa shape index (κ3) is 3.37. The quantitative estimate of drug-likeness (QED) is 0.609. The van der Waals surface area contributed by atoms with Crippen LogP contribution in [0.1, 0.15) is 12.5 Å². The number of ether oxygens (including phenoxy) is 1. The minimum atomic E-state index is 0.0819. The predicted molar refractivity (Wildman–Crippen MR) is 85.6 cm³/mol. The Labute approximate surface area is 127 Å². The van der Waals surface area contributed by atoms with E-state index in [1.54, 1.807) is 17.1 Å². The zero-order valence-electron chi connectivity index (χ0n) is 11.0. The first-order chi connectivity index (χ1) is 9.11. The molecule has 19 heavy (non-hydrogen) atoms. The number of methoxy groups -OCH3 is 1. The highest BCUT2D eigenvalue weighted by Gasteiger charge is 2.07. The number of rotatable bonds is 4. The van der Waals surface area contributed by atoms with Crippen LogP contribution in [0.3, 0.4) is 0 Å². The maximum absolute atomic E-state index is 11.2. The number of carbonyl (C=O) groups is 1. The summed E-state index contributed by atoms with van der Waals surface area (Å²) in [5, 5.41) is 2.39. The van der Waals surface area contributed by atoms with Crippen molar-refractivity contribution in [2.45, 2.75) is 13.3 Å². The van der Waals surface area contributed by atoms with E-state index in [1.165, 1.54) is 16.3 Å². The van der Waals surface area contributed by atoms with Crippen molar-refractivity contribution in [1.29, 1.82) is 0 Å². The third-order valence-electron chi connectivity index (χ3n) is 3.10. The van der Waals surface area contributed by atoms with Gasteiger partial charge in [-0.25, -0.2) is 0 Å². The molecule has 0 aliphatic carbocycles. The average molecular weight is 369 g/mol. The zero-order valence-corrected chi connectivity index (χ0v) is 13.2. The minimum absolute atomic E-state index is 0.0819. The molecule has 0 aliphatic rings. The fourth-order valence-corrected chi connectivity index (χ4v) is 2.28. The predicted octanol–water partition coefficient (Wildman–Crippen LogP) is 3.59. The van der Waals surface area contributed by atoms with E-state index in [4.69, 9.17) is 4.74 Å². The van der Waals surface area contributed by atoms with Crippen LogP contribution in [0.4, 0.5) is 0 Å². The molecular weight excluding hydrogens is 353 g/mol. The summed E-state index contributed by atoms with van der Waals surface area (Å²) < 4.78 is 6.98. The topological polar surface area (TPSA) is 29.5 Å². The van der Waals surface area contributed by atoms with Crippen molar-refractivity contribution >= 4 is 39.5 Å². The number of hydrogen-bond donors (Lipinski definition) is 0. The van der Waals surface area contributed by atoms with E-state index in [2.05, 4.69) is 53.2 Å². The van der Waals surface area contributed by atoms with Gasteiger partial charge in [0.15, 0.2) is 0 Å². The highest BCUT2D eigenvalue weighted by atomic mass is 127. The molecule has 4 heteroatoms. The van der Waals surface area contributed by atoms with Crippen LogP contribution in [-0.4, -0.2) is 22.7 Å². The molecule has 100 valence electrons. The second-order valence-electron chi connectivity index (χ2n) is 4.36. The molecule has 0 fully saturated rings. The maximum atomic E-state index is 11.2. The highest BCUT2D eigenvalue weighted by Crippen LogP contribution is 2.24. The van der Waals surface area contributed by atoms with Crippen LogP contribution < -0.4 is 4.74 Å². The maximum Gasteiger partial charge on any atom is 0.228 e. The molecule has 2 aromatic rings. The molecule has 2 rings (SSSR count). The molecule has 0 N–H and O–H groups in total. The van der Waals surface area contributed by atoms with Crippen molar-refractivity contribution in [3.63, 3.8) is 0 Å². The SMILES string of the molecule is COc1ccc2cccc(CCN(I)C(C)=O)c2c1. The van der Waals surface area contributed by atoms with Gasteiger partial charge in [-0.1, -0.05) is 24.3 Å². The van der Waals surface area contributed by atoms with E-state index in [0.29, 0.717) is 6.54 Å². The van der Waals surface area contributed by atoms with Crippen LogP contribution in [0.15, 0.2) is 36.4 Å². The van der Waals surface area contributed by atoms with Crippen LogP contribution in [0, 0.1) is 0 Å². The Balaban J connectivity index is 2.29. The fraction of sp³-hybridized carbons (Fsp3) is 0.267. The molecule has 0 heterocycles. The molecule has 0 radical (unpaired) electrons. The highest BCUT2D eigenvalue weighted by molar-refractivity contribution is 14.1. The lowest BCUT2D eigenvalue weighted by Crippen LogP contribution is -2.19. The standard InChI is InChI=1S/C15H16INO2/c1-11(18)17(16)9-8-13-5-3-4-12-6-7-14(19-2)10-15(12)13/h3-7,10H,8-9H2,1-2H3. The number of benzene rings is 2. The summed E-state index contributed by atoms with van der Waals surface area (Å²) in [6.45, 7) is 2.30. The summed E-state index contributed by atoms with van der Waals surface area (Å²) in [6, 6.07) is 12.3. The number of nitrogens with zero attached hydrogens (tertiary/aromatic N) is 1. The van der Waals surface area contributed by atoms with Gasteiger partial charge < -0.3 is 4.74 Å². The Hall–Kier alpha value is -1.30. The number of amides is 1. The van der Waals surface area contributed by atoms with E-state index in [1.807, 2.05) is 6.07 Å². The van der Waals surface area contributed by atoms with Gasteiger partial charge in [0.25, 0.3) is 0 Å². The van der Waals surface area contributed by atoms with Crippen molar-refractivity contribution in [2.75, 3.05) is 13.7 Å². The summed E-state index contributed by atoms with van der Waals surface area (Å²) in [4.78, 5) is 11.2. The van der Waals surface area contributed by atoms with Crippen LogP contribution in [0.25, 0.3) is 10.8 Å². The lowest BCUT2D eigenvalue weighted by atomic mass is 10.0. The van der Waals surface area contributed by atoms with Crippen LogP contribution in [0.2, 0.25) is 0 Å². The van der Waals surface area contributed by atoms with Gasteiger partial charge in [0.1, 0.15) is 5.75 Å². The molecule has 0 unspecified atom stereocenters.